The van der Waals surface area contributed by atoms with Gasteiger partial charge in [-0.3, -0.25) is 4.79 Å². The third kappa shape index (κ3) is 6.59. The number of hydrogen-bond acceptors (Lipinski definition) is 5. The van der Waals surface area contributed by atoms with Gasteiger partial charge in [-0.15, -0.1) is 0 Å². The second-order valence-electron chi connectivity index (χ2n) is 2.06. The van der Waals surface area contributed by atoms with Crippen LogP contribution in [0.25, 0.3) is 0 Å². The zero-order valence-electron chi connectivity index (χ0n) is 7.35. The van der Waals surface area contributed by atoms with Crippen LogP contribution in [0.3, 0.4) is 0 Å². The van der Waals surface area contributed by atoms with Crippen LogP contribution in [0.15, 0.2) is 24.7 Å². The summed E-state index contributed by atoms with van der Waals surface area (Å²) in [6.07, 6.45) is 1.25. The van der Waals surface area contributed by atoms with Crippen LogP contribution in [-0.2, 0) is 23.9 Å². The van der Waals surface area contributed by atoms with Crippen molar-refractivity contribution >= 4 is 17.9 Å². The smallest absolute Gasteiger partial charge is 0.338 e. The minimum atomic E-state index is -1.29. The van der Waals surface area contributed by atoms with Crippen molar-refractivity contribution in [3.05, 3.63) is 24.7 Å². The molecule has 0 fully saturated rings. The van der Waals surface area contributed by atoms with Crippen molar-refractivity contribution in [1.82, 2.24) is 0 Å². The molecule has 0 aliphatic carbocycles. The molecule has 0 unspecified atom stereocenters. The first kappa shape index (κ1) is 11.9. The Morgan fingerprint density at radius 2 is 1.79 bits per heavy atom. The molecular formula is C8H8O6. The summed E-state index contributed by atoms with van der Waals surface area (Å²) >= 11 is 0. The highest BCUT2D eigenvalue weighted by atomic mass is 16.7. The van der Waals surface area contributed by atoms with E-state index in [1.165, 1.54) is 0 Å². The molecule has 0 atom stereocenters. The molecule has 0 saturated carbocycles. The summed E-state index contributed by atoms with van der Waals surface area (Å²) in [7, 11) is 0. The van der Waals surface area contributed by atoms with Crippen LogP contribution >= 0.6 is 0 Å². The first-order valence-corrected chi connectivity index (χ1v) is 3.42. The number of carbonyl (C=O) groups excluding carboxylic acids is 2. The number of hydrogen-bond donors (Lipinski definition) is 1. The molecule has 0 aliphatic rings. The Bertz CT molecular complexity index is 301. The predicted molar refractivity (Wildman–Crippen MR) is 43.8 cm³/mol. The van der Waals surface area contributed by atoms with E-state index in [9.17, 15) is 14.4 Å². The fourth-order valence-electron chi connectivity index (χ4n) is 0.467. The standard InChI is InChI=1S/C8H8O6/c1-5(9)13-6(2)14-8(12)4-3-7(10)11/h3-4H,2H2,1H3,(H,10,11)/b4-3-. The Labute approximate surface area is 79.4 Å². The molecule has 0 heterocycles. The average molecular weight is 200 g/mol. The van der Waals surface area contributed by atoms with Gasteiger partial charge in [-0.2, -0.15) is 0 Å². The topological polar surface area (TPSA) is 89.9 Å². The lowest BCUT2D eigenvalue weighted by Crippen LogP contribution is -2.06. The summed E-state index contributed by atoms with van der Waals surface area (Å²) in [4.78, 5) is 31.0. The highest BCUT2D eigenvalue weighted by Gasteiger charge is 2.05. The molecule has 6 heteroatoms. The number of aliphatic carboxylic acids is 1. The van der Waals surface area contributed by atoms with Crippen molar-refractivity contribution in [2.45, 2.75) is 6.92 Å². The van der Waals surface area contributed by atoms with Crippen LogP contribution < -0.4 is 0 Å². The maximum absolute atomic E-state index is 10.7. The largest absolute Gasteiger partial charge is 0.478 e. The van der Waals surface area contributed by atoms with Gasteiger partial charge in [0.15, 0.2) is 0 Å². The maximum Gasteiger partial charge on any atom is 0.338 e. The Hall–Kier alpha value is -2.11. The van der Waals surface area contributed by atoms with Crippen LogP contribution in [0.1, 0.15) is 6.92 Å². The van der Waals surface area contributed by atoms with E-state index in [1.807, 2.05) is 0 Å². The van der Waals surface area contributed by atoms with E-state index >= 15 is 0 Å². The van der Waals surface area contributed by atoms with E-state index in [1.54, 1.807) is 0 Å². The molecular weight excluding hydrogens is 192 g/mol. The van der Waals surface area contributed by atoms with Crippen LogP contribution in [0, 0.1) is 0 Å². The summed E-state index contributed by atoms with van der Waals surface area (Å²) in [6, 6.07) is 0. The first-order chi connectivity index (χ1) is 6.41. The van der Waals surface area contributed by atoms with E-state index in [2.05, 4.69) is 16.1 Å². The second-order valence-corrected chi connectivity index (χ2v) is 2.06. The lowest BCUT2D eigenvalue weighted by Gasteiger charge is -2.02. The van der Waals surface area contributed by atoms with Gasteiger partial charge in [-0.25, -0.2) is 9.59 Å². The van der Waals surface area contributed by atoms with Gasteiger partial charge in [0.25, 0.3) is 5.95 Å². The molecule has 1 N–H and O–H groups in total. The van der Waals surface area contributed by atoms with E-state index in [0.717, 1.165) is 6.92 Å². The number of esters is 2. The fourth-order valence-corrected chi connectivity index (χ4v) is 0.467. The molecule has 76 valence electrons. The molecule has 0 spiro atoms. The molecule has 0 saturated heterocycles. The van der Waals surface area contributed by atoms with E-state index in [4.69, 9.17) is 5.11 Å². The van der Waals surface area contributed by atoms with Gasteiger partial charge in [0.05, 0.1) is 0 Å². The predicted octanol–water partition coefficient (Wildman–Crippen LogP) is 0.205. The lowest BCUT2D eigenvalue weighted by molar-refractivity contribution is -0.149. The van der Waals surface area contributed by atoms with Gasteiger partial charge >= 0.3 is 17.9 Å². The fraction of sp³-hybridized carbons (Fsp3) is 0.125. The first-order valence-electron chi connectivity index (χ1n) is 3.42. The van der Waals surface area contributed by atoms with Gasteiger partial charge in [-0.05, 0) is 6.58 Å². The molecule has 0 rings (SSSR count). The van der Waals surface area contributed by atoms with E-state index in [0.29, 0.717) is 12.2 Å². The van der Waals surface area contributed by atoms with Gasteiger partial charge in [0.2, 0.25) is 0 Å². The summed E-state index contributed by atoms with van der Waals surface area (Å²) < 4.78 is 8.55. The summed E-state index contributed by atoms with van der Waals surface area (Å²) in [6.45, 7) is 4.20. The molecule has 0 amide bonds. The van der Waals surface area contributed by atoms with Crippen LogP contribution in [0.2, 0.25) is 0 Å². The molecule has 0 aromatic carbocycles. The van der Waals surface area contributed by atoms with Gasteiger partial charge in [0, 0.05) is 19.1 Å². The average Bonchev–Trinajstić information content (AvgIpc) is 1.98. The third-order valence-electron chi connectivity index (χ3n) is 0.834. The van der Waals surface area contributed by atoms with Crippen LogP contribution in [0.5, 0.6) is 0 Å². The molecule has 0 aromatic heterocycles. The van der Waals surface area contributed by atoms with E-state index < -0.39 is 23.9 Å². The normalized spacial score (nSPS) is 9.50. The van der Waals surface area contributed by atoms with Gasteiger partial charge < -0.3 is 14.6 Å². The zero-order chi connectivity index (χ0) is 11.1. The molecule has 0 radical (unpaired) electrons. The van der Waals surface area contributed by atoms with E-state index in [-0.39, 0.29) is 0 Å². The summed E-state index contributed by atoms with van der Waals surface area (Å²) in [5.74, 6) is -3.47. The highest BCUT2D eigenvalue weighted by molar-refractivity contribution is 5.91. The van der Waals surface area contributed by atoms with Crippen molar-refractivity contribution in [2.24, 2.45) is 0 Å². The number of rotatable bonds is 4. The van der Waals surface area contributed by atoms with Crippen LogP contribution in [0.4, 0.5) is 0 Å². The lowest BCUT2D eigenvalue weighted by atomic mass is 10.5. The Morgan fingerprint density at radius 3 is 2.21 bits per heavy atom. The van der Waals surface area contributed by atoms with Crippen molar-refractivity contribution in [3.63, 3.8) is 0 Å². The van der Waals surface area contributed by atoms with Crippen molar-refractivity contribution in [2.75, 3.05) is 0 Å². The van der Waals surface area contributed by atoms with Gasteiger partial charge in [-0.1, -0.05) is 0 Å². The minimum absolute atomic E-state index is 0.502. The molecule has 6 nitrogen and oxygen atoms in total. The SMILES string of the molecule is C=C(OC(C)=O)OC(=O)/C=C\C(=O)O. The zero-order valence-corrected chi connectivity index (χ0v) is 7.35. The number of carboxylic acid groups (broad SMARTS) is 1. The highest BCUT2D eigenvalue weighted by Crippen LogP contribution is 1.97. The Morgan fingerprint density at radius 1 is 1.21 bits per heavy atom. The second kappa shape index (κ2) is 5.52. The maximum atomic E-state index is 10.7. The molecule has 0 bridgehead atoms. The quantitative estimate of drug-likeness (QED) is 0.396. The van der Waals surface area contributed by atoms with Crippen LogP contribution in [-0.4, -0.2) is 23.0 Å². The van der Waals surface area contributed by atoms with Crippen molar-refractivity contribution < 1.29 is 29.0 Å². The van der Waals surface area contributed by atoms with Crippen molar-refractivity contribution in [1.29, 1.82) is 0 Å². The monoisotopic (exact) mass is 200 g/mol. The molecule has 0 aromatic rings. The van der Waals surface area contributed by atoms with Crippen molar-refractivity contribution in [3.8, 4) is 0 Å². The number of carboxylic acids is 1. The number of ether oxygens (including phenoxy) is 2. The number of carbonyl (C=O) groups is 3. The Kier molecular flexibility index (Phi) is 4.69. The summed E-state index contributed by atoms with van der Waals surface area (Å²) in [5, 5.41) is 8.14. The molecule has 14 heavy (non-hydrogen) atoms. The van der Waals surface area contributed by atoms with Gasteiger partial charge in [0.1, 0.15) is 0 Å². The Balaban J connectivity index is 4.01. The molecule has 0 aliphatic heterocycles. The summed E-state index contributed by atoms with van der Waals surface area (Å²) in [5.41, 5.74) is 0. The third-order valence-corrected chi connectivity index (χ3v) is 0.834. The minimum Gasteiger partial charge on any atom is -0.478 e.